The van der Waals surface area contributed by atoms with Crippen LogP contribution >= 0.6 is 11.6 Å². The van der Waals surface area contributed by atoms with E-state index in [2.05, 4.69) is 21.4 Å². The highest BCUT2D eigenvalue weighted by Gasteiger charge is 2.09. The van der Waals surface area contributed by atoms with Crippen molar-refractivity contribution in [3.05, 3.63) is 35.0 Å². The lowest BCUT2D eigenvalue weighted by atomic mass is 10.2. The van der Waals surface area contributed by atoms with Crippen molar-refractivity contribution in [3.63, 3.8) is 0 Å². The van der Waals surface area contributed by atoms with E-state index in [1.165, 1.54) is 10.9 Å². The summed E-state index contributed by atoms with van der Waals surface area (Å²) in [5.41, 5.74) is 2.29. The second-order valence-electron chi connectivity index (χ2n) is 4.74. The van der Waals surface area contributed by atoms with Crippen molar-refractivity contribution in [3.8, 4) is 0 Å². The van der Waals surface area contributed by atoms with Crippen molar-refractivity contribution < 1.29 is 4.79 Å². The Bertz CT molecular complexity index is 606. The fourth-order valence-corrected chi connectivity index (χ4v) is 2.53. The summed E-state index contributed by atoms with van der Waals surface area (Å²) in [7, 11) is 1.92. The summed E-state index contributed by atoms with van der Waals surface area (Å²) < 4.78 is 2.10. The molecule has 0 saturated heterocycles. The molecule has 1 heterocycles. The Balaban J connectivity index is 2.27. The first-order chi connectivity index (χ1) is 9.65. The molecule has 0 bridgehead atoms. The van der Waals surface area contributed by atoms with Crippen LogP contribution in [0.1, 0.15) is 18.9 Å². The number of aromatic nitrogens is 1. The molecule has 0 aliphatic rings. The monoisotopic (exact) mass is 293 g/mol. The Hall–Kier alpha value is -1.52. The second kappa shape index (κ2) is 6.77. The Morgan fingerprint density at radius 1 is 1.40 bits per heavy atom. The number of aryl methyl sites for hydroxylation is 1. The van der Waals surface area contributed by atoms with Gasteiger partial charge in [0.1, 0.15) is 0 Å². The van der Waals surface area contributed by atoms with Gasteiger partial charge in [-0.05, 0) is 31.7 Å². The Morgan fingerprint density at radius 3 is 2.90 bits per heavy atom. The van der Waals surface area contributed by atoms with Crippen LogP contribution < -0.4 is 10.6 Å². The maximum atomic E-state index is 11.6. The smallest absolute Gasteiger partial charge is 0.221 e. The summed E-state index contributed by atoms with van der Waals surface area (Å²) in [6, 6.07) is 5.89. The normalized spacial score (nSPS) is 10.9. The van der Waals surface area contributed by atoms with Crippen LogP contribution in [0.5, 0.6) is 0 Å². The molecule has 108 valence electrons. The van der Waals surface area contributed by atoms with E-state index < -0.39 is 0 Å². The number of carbonyl (C=O) groups is 1. The van der Waals surface area contributed by atoms with Gasteiger partial charge in [-0.15, -0.1) is 0 Å². The number of hydrogen-bond donors (Lipinski definition) is 2. The molecule has 4 nitrogen and oxygen atoms in total. The lowest BCUT2D eigenvalue weighted by Crippen LogP contribution is -2.23. The largest absolute Gasteiger partial charge is 0.356 e. The second-order valence-corrected chi connectivity index (χ2v) is 5.18. The highest BCUT2D eigenvalue weighted by molar-refractivity contribution is 6.31. The Kier molecular flexibility index (Phi) is 5.04. The van der Waals surface area contributed by atoms with E-state index >= 15 is 0 Å². The molecule has 2 aromatic rings. The van der Waals surface area contributed by atoms with Crippen molar-refractivity contribution >= 4 is 28.4 Å². The SMILES string of the molecule is CCNC(=O)CCn1cc(CNC)c2ccc(Cl)cc21. The summed E-state index contributed by atoms with van der Waals surface area (Å²) in [6.07, 6.45) is 2.57. The summed E-state index contributed by atoms with van der Waals surface area (Å²) in [5, 5.41) is 7.87. The molecule has 1 aromatic heterocycles. The number of halogens is 1. The van der Waals surface area contributed by atoms with Crippen LogP contribution in [0.25, 0.3) is 10.9 Å². The van der Waals surface area contributed by atoms with Crippen LogP contribution in [0.2, 0.25) is 5.02 Å². The van der Waals surface area contributed by atoms with E-state index in [1.807, 2.05) is 32.2 Å². The topological polar surface area (TPSA) is 46.1 Å². The van der Waals surface area contributed by atoms with E-state index in [4.69, 9.17) is 11.6 Å². The number of hydrogen-bond acceptors (Lipinski definition) is 2. The molecule has 0 unspecified atom stereocenters. The van der Waals surface area contributed by atoms with E-state index in [0.29, 0.717) is 24.5 Å². The molecule has 0 atom stereocenters. The van der Waals surface area contributed by atoms with Crippen LogP contribution in [-0.4, -0.2) is 24.1 Å². The predicted octanol–water partition coefficient (Wildman–Crippen LogP) is 2.54. The van der Waals surface area contributed by atoms with Crippen LogP contribution in [0, 0.1) is 0 Å². The van der Waals surface area contributed by atoms with Crippen molar-refractivity contribution in [2.24, 2.45) is 0 Å². The number of fused-ring (bicyclic) bond motifs is 1. The summed E-state index contributed by atoms with van der Waals surface area (Å²) >= 11 is 6.08. The van der Waals surface area contributed by atoms with Crippen LogP contribution in [0.3, 0.4) is 0 Å². The molecular formula is C15H20ClN3O. The molecule has 0 saturated carbocycles. The zero-order valence-electron chi connectivity index (χ0n) is 11.9. The average molecular weight is 294 g/mol. The maximum Gasteiger partial charge on any atom is 0.221 e. The minimum Gasteiger partial charge on any atom is -0.356 e. The van der Waals surface area contributed by atoms with Gasteiger partial charge in [-0.2, -0.15) is 0 Å². The third-order valence-corrected chi connectivity index (χ3v) is 3.48. The van der Waals surface area contributed by atoms with Gasteiger partial charge in [-0.1, -0.05) is 17.7 Å². The number of benzene rings is 1. The van der Waals surface area contributed by atoms with Crippen molar-refractivity contribution in [2.75, 3.05) is 13.6 Å². The van der Waals surface area contributed by atoms with Gasteiger partial charge in [0, 0.05) is 48.2 Å². The van der Waals surface area contributed by atoms with Gasteiger partial charge < -0.3 is 15.2 Å². The minimum absolute atomic E-state index is 0.0755. The Morgan fingerprint density at radius 2 is 2.20 bits per heavy atom. The first-order valence-corrected chi connectivity index (χ1v) is 7.22. The molecule has 2 N–H and O–H groups in total. The third-order valence-electron chi connectivity index (χ3n) is 3.25. The zero-order chi connectivity index (χ0) is 14.5. The maximum absolute atomic E-state index is 11.6. The molecule has 2 rings (SSSR count). The van der Waals surface area contributed by atoms with Crippen LogP contribution in [0.4, 0.5) is 0 Å². The van der Waals surface area contributed by atoms with Crippen LogP contribution in [0.15, 0.2) is 24.4 Å². The van der Waals surface area contributed by atoms with E-state index in [9.17, 15) is 4.79 Å². The number of rotatable bonds is 6. The Labute approximate surface area is 124 Å². The van der Waals surface area contributed by atoms with Crippen molar-refractivity contribution in [2.45, 2.75) is 26.4 Å². The molecule has 0 spiro atoms. The van der Waals surface area contributed by atoms with E-state index in [-0.39, 0.29) is 5.91 Å². The van der Waals surface area contributed by atoms with Crippen molar-refractivity contribution in [1.82, 2.24) is 15.2 Å². The number of nitrogens with one attached hydrogen (secondary N) is 2. The highest BCUT2D eigenvalue weighted by Crippen LogP contribution is 2.25. The van der Waals surface area contributed by atoms with Gasteiger partial charge in [-0.3, -0.25) is 4.79 Å². The molecule has 0 fully saturated rings. The number of nitrogens with zero attached hydrogens (tertiary/aromatic N) is 1. The number of amides is 1. The van der Waals surface area contributed by atoms with Gasteiger partial charge in [0.05, 0.1) is 0 Å². The lowest BCUT2D eigenvalue weighted by molar-refractivity contribution is -0.121. The van der Waals surface area contributed by atoms with Gasteiger partial charge >= 0.3 is 0 Å². The van der Waals surface area contributed by atoms with Crippen LogP contribution in [-0.2, 0) is 17.9 Å². The minimum atomic E-state index is 0.0755. The van der Waals surface area contributed by atoms with Gasteiger partial charge in [0.2, 0.25) is 5.91 Å². The fourth-order valence-electron chi connectivity index (χ4n) is 2.37. The average Bonchev–Trinajstić information content (AvgIpc) is 2.75. The summed E-state index contributed by atoms with van der Waals surface area (Å²) in [5.74, 6) is 0.0755. The van der Waals surface area contributed by atoms with Gasteiger partial charge in [-0.25, -0.2) is 0 Å². The van der Waals surface area contributed by atoms with E-state index in [1.54, 1.807) is 0 Å². The number of carbonyl (C=O) groups excluding carboxylic acids is 1. The van der Waals surface area contributed by atoms with Crippen molar-refractivity contribution in [1.29, 1.82) is 0 Å². The van der Waals surface area contributed by atoms with Gasteiger partial charge in [0.25, 0.3) is 0 Å². The third kappa shape index (κ3) is 3.32. The summed E-state index contributed by atoms with van der Waals surface area (Å²) in [6.45, 7) is 4.05. The first-order valence-electron chi connectivity index (χ1n) is 6.84. The highest BCUT2D eigenvalue weighted by atomic mass is 35.5. The fraction of sp³-hybridized carbons (Fsp3) is 0.400. The molecule has 1 amide bonds. The van der Waals surface area contributed by atoms with Gasteiger partial charge in [0.15, 0.2) is 0 Å². The molecule has 0 aliphatic carbocycles. The summed E-state index contributed by atoms with van der Waals surface area (Å²) in [4.78, 5) is 11.6. The standard InChI is InChI=1S/C15H20ClN3O/c1-3-18-15(20)6-7-19-10-11(9-17-2)13-5-4-12(16)8-14(13)19/h4-5,8,10,17H,3,6-7,9H2,1-2H3,(H,18,20). The molecule has 0 aliphatic heterocycles. The molecule has 1 aromatic carbocycles. The first kappa shape index (κ1) is 14.9. The lowest BCUT2D eigenvalue weighted by Gasteiger charge is -2.05. The van der Waals surface area contributed by atoms with E-state index in [0.717, 1.165) is 12.1 Å². The molecular weight excluding hydrogens is 274 g/mol. The quantitative estimate of drug-likeness (QED) is 0.860. The predicted molar refractivity (Wildman–Crippen MR) is 83.0 cm³/mol. The molecule has 5 heteroatoms. The molecule has 0 radical (unpaired) electrons. The zero-order valence-corrected chi connectivity index (χ0v) is 12.6. The molecule has 20 heavy (non-hydrogen) atoms.